The van der Waals surface area contributed by atoms with E-state index < -0.39 is 0 Å². The summed E-state index contributed by atoms with van der Waals surface area (Å²) >= 11 is 12.2. The van der Waals surface area contributed by atoms with Crippen LogP contribution in [0.3, 0.4) is 0 Å². The molecule has 0 amide bonds. The molecule has 0 fully saturated rings. The first-order valence-electron chi connectivity index (χ1n) is 7.27. The maximum absolute atomic E-state index is 11.3. The van der Waals surface area contributed by atoms with Crippen LogP contribution in [0.2, 0.25) is 10.0 Å². The molecule has 1 aliphatic carbocycles. The average molecular weight is 335 g/mol. The van der Waals surface area contributed by atoms with Crippen LogP contribution in [-0.2, 0) is 9.53 Å². The third kappa shape index (κ3) is 2.99. The molecule has 0 heterocycles. The summed E-state index contributed by atoms with van der Waals surface area (Å²) in [5.74, 6) is 0.00515. The van der Waals surface area contributed by atoms with Crippen molar-refractivity contribution in [1.82, 2.24) is 0 Å². The molecule has 2 unspecified atom stereocenters. The molecule has 2 atom stereocenters. The van der Waals surface area contributed by atoms with Gasteiger partial charge in [-0.15, -0.1) is 0 Å². The van der Waals surface area contributed by atoms with Crippen molar-refractivity contribution in [3.05, 3.63) is 69.2 Å². The number of carbonyl (C=O) groups excluding carboxylic acids is 1. The topological polar surface area (TPSA) is 26.3 Å². The summed E-state index contributed by atoms with van der Waals surface area (Å²) in [7, 11) is 0. The predicted molar refractivity (Wildman–Crippen MR) is 88.5 cm³/mol. The first-order valence-corrected chi connectivity index (χ1v) is 8.03. The highest BCUT2D eigenvalue weighted by Crippen LogP contribution is 2.43. The molecule has 22 heavy (non-hydrogen) atoms. The van der Waals surface area contributed by atoms with Crippen molar-refractivity contribution in [2.24, 2.45) is 0 Å². The molecule has 114 valence electrons. The van der Waals surface area contributed by atoms with Gasteiger partial charge in [-0.2, -0.15) is 0 Å². The van der Waals surface area contributed by atoms with Gasteiger partial charge in [-0.1, -0.05) is 53.5 Å². The fraction of sp³-hybridized carbons (Fsp3) is 0.278. The van der Waals surface area contributed by atoms with Gasteiger partial charge in [0.15, 0.2) is 0 Å². The second-order valence-electron chi connectivity index (χ2n) is 5.53. The molecule has 0 aromatic heterocycles. The monoisotopic (exact) mass is 334 g/mol. The van der Waals surface area contributed by atoms with Gasteiger partial charge in [-0.3, -0.25) is 4.79 Å². The lowest BCUT2D eigenvalue weighted by Crippen LogP contribution is -2.19. The van der Waals surface area contributed by atoms with Crippen molar-refractivity contribution in [3.8, 4) is 0 Å². The Kier molecular flexibility index (Phi) is 4.42. The molecule has 3 rings (SSSR count). The van der Waals surface area contributed by atoms with Gasteiger partial charge in [0, 0.05) is 12.8 Å². The summed E-state index contributed by atoms with van der Waals surface area (Å²) in [6.07, 6.45) is 1.56. The van der Waals surface area contributed by atoms with Gasteiger partial charge in [0.1, 0.15) is 6.10 Å². The van der Waals surface area contributed by atoms with Crippen LogP contribution in [-0.4, -0.2) is 5.97 Å². The summed E-state index contributed by atoms with van der Waals surface area (Å²) in [6, 6.07) is 13.9. The Hall–Kier alpha value is -1.51. The maximum Gasteiger partial charge on any atom is 0.303 e. The zero-order valence-electron chi connectivity index (χ0n) is 12.2. The summed E-state index contributed by atoms with van der Waals surface area (Å²) < 4.78 is 5.46. The molecule has 4 heteroatoms. The highest BCUT2D eigenvalue weighted by atomic mass is 35.5. The highest BCUT2D eigenvalue weighted by molar-refractivity contribution is 6.42. The first kappa shape index (κ1) is 15.4. The molecule has 0 N–H and O–H groups in total. The maximum atomic E-state index is 11.3. The van der Waals surface area contributed by atoms with Crippen LogP contribution in [0.1, 0.15) is 48.5 Å². The number of fused-ring (bicyclic) bond motifs is 1. The molecule has 0 saturated carbocycles. The quantitative estimate of drug-likeness (QED) is 0.675. The van der Waals surface area contributed by atoms with Gasteiger partial charge >= 0.3 is 5.97 Å². The van der Waals surface area contributed by atoms with E-state index >= 15 is 0 Å². The van der Waals surface area contributed by atoms with Gasteiger partial charge in [0.25, 0.3) is 0 Å². The molecule has 2 aromatic rings. The summed E-state index contributed by atoms with van der Waals surface area (Å²) in [6.45, 7) is 1.45. The lowest BCUT2D eigenvalue weighted by Gasteiger charge is -2.31. The highest BCUT2D eigenvalue weighted by Gasteiger charge is 2.29. The molecule has 0 aliphatic heterocycles. The standard InChI is InChI=1S/C18H16Cl2O2/c1-11(21)22-18-9-7-13(14-4-2-3-5-15(14)18)12-6-8-16(19)17(20)10-12/h2-6,8,10,13,18H,7,9H2,1H3. The second-order valence-corrected chi connectivity index (χ2v) is 6.34. The molecule has 2 nitrogen and oxygen atoms in total. The SMILES string of the molecule is CC(=O)OC1CCC(c2ccc(Cl)c(Cl)c2)c2ccccc21. The van der Waals surface area contributed by atoms with Crippen LogP contribution in [0, 0.1) is 0 Å². The number of hydrogen-bond acceptors (Lipinski definition) is 2. The van der Waals surface area contributed by atoms with Crippen molar-refractivity contribution in [3.63, 3.8) is 0 Å². The minimum absolute atomic E-state index is 0.160. The Labute approximate surface area is 140 Å². The minimum atomic E-state index is -0.243. The number of carbonyl (C=O) groups is 1. The van der Waals surface area contributed by atoms with Gasteiger partial charge in [-0.25, -0.2) is 0 Å². The van der Waals surface area contributed by atoms with E-state index in [4.69, 9.17) is 27.9 Å². The van der Waals surface area contributed by atoms with Gasteiger partial charge in [0.2, 0.25) is 0 Å². The molecular formula is C18H16Cl2O2. The Balaban J connectivity index is 2.00. The van der Waals surface area contributed by atoms with Crippen LogP contribution in [0.25, 0.3) is 0 Å². The summed E-state index contributed by atoms with van der Waals surface area (Å²) in [5.41, 5.74) is 3.42. The number of benzene rings is 2. The fourth-order valence-electron chi connectivity index (χ4n) is 3.15. The predicted octanol–water partition coefficient (Wildman–Crippen LogP) is 5.52. The third-order valence-corrected chi connectivity index (χ3v) is 4.83. The molecule has 1 aliphatic rings. The largest absolute Gasteiger partial charge is 0.458 e. The molecule has 0 radical (unpaired) electrons. The van der Waals surface area contributed by atoms with Crippen molar-refractivity contribution in [2.75, 3.05) is 0 Å². The van der Waals surface area contributed by atoms with Gasteiger partial charge in [-0.05, 0) is 41.7 Å². The molecule has 2 aromatic carbocycles. The zero-order chi connectivity index (χ0) is 15.7. The van der Waals surface area contributed by atoms with E-state index in [1.807, 2.05) is 36.4 Å². The normalized spacial score (nSPS) is 20.3. The average Bonchev–Trinajstić information content (AvgIpc) is 2.50. The zero-order valence-corrected chi connectivity index (χ0v) is 13.7. The van der Waals surface area contributed by atoms with E-state index in [1.165, 1.54) is 12.5 Å². The number of ether oxygens (including phenoxy) is 1. The van der Waals surface area contributed by atoms with Gasteiger partial charge in [0.05, 0.1) is 10.0 Å². The Morgan fingerprint density at radius 1 is 1.05 bits per heavy atom. The lowest BCUT2D eigenvalue weighted by molar-refractivity contribution is -0.147. The molecule has 0 spiro atoms. The van der Waals surface area contributed by atoms with E-state index in [9.17, 15) is 4.79 Å². The van der Waals surface area contributed by atoms with Crippen molar-refractivity contribution < 1.29 is 9.53 Å². The Morgan fingerprint density at radius 2 is 1.77 bits per heavy atom. The van der Waals surface area contributed by atoms with Crippen molar-refractivity contribution in [1.29, 1.82) is 0 Å². The molecular weight excluding hydrogens is 319 g/mol. The van der Waals surface area contributed by atoms with Gasteiger partial charge < -0.3 is 4.74 Å². The van der Waals surface area contributed by atoms with Crippen LogP contribution in [0.15, 0.2) is 42.5 Å². The van der Waals surface area contributed by atoms with Crippen LogP contribution in [0.4, 0.5) is 0 Å². The summed E-state index contributed by atoms with van der Waals surface area (Å²) in [4.78, 5) is 11.3. The van der Waals surface area contributed by atoms with Crippen LogP contribution in [0.5, 0.6) is 0 Å². The fourth-order valence-corrected chi connectivity index (χ4v) is 3.46. The Bertz CT molecular complexity index is 712. The van der Waals surface area contributed by atoms with Crippen LogP contribution >= 0.6 is 23.2 Å². The number of hydrogen-bond donors (Lipinski definition) is 0. The Morgan fingerprint density at radius 3 is 2.45 bits per heavy atom. The van der Waals surface area contributed by atoms with E-state index in [2.05, 4.69) is 6.07 Å². The third-order valence-electron chi connectivity index (χ3n) is 4.09. The number of esters is 1. The lowest BCUT2D eigenvalue weighted by atomic mass is 9.77. The van der Waals surface area contributed by atoms with E-state index in [-0.39, 0.29) is 18.0 Å². The smallest absolute Gasteiger partial charge is 0.303 e. The second kappa shape index (κ2) is 6.31. The molecule has 0 bridgehead atoms. The molecule has 0 saturated heterocycles. The van der Waals surface area contributed by atoms with Crippen molar-refractivity contribution >= 4 is 29.2 Å². The van der Waals surface area contributed by atoms with E-state index in [1.54, 1.807) is 0 Å². The summed E-state index contributed by atoms with van der Waals surface area (Å²) in [5, 5.41) is 1.13. The first-order chi connectivity index (χ1) is 10.6. The minimum Gasteiger partial charge on any atom is -0.458 e. The van der Waals surface area contributed by atoms with Crippen molar-refractivity contribution in [2.45, 2.75) is 31.8 Å². The van der Waals surface area contributed by atoms with E-state index in [0.29, 0.717) is 10.0 Å². The number of rotatable bonds is 2. The number of halogens is 2. The van der Waals surface area contributed by atoms with E-state index in [0.717, 1.165) is 24.0 Å². The van der Waals surface area contributed by atoms with Crippen LogP contribution < -0.4 is 0 Å².